The number of hydrogen-bond acceptors (Lipinski definition) is 56. The van der Waals surface area contributed by atoms with Gasteiger partial charge in [-0.15, -0.1) is 0 Å². The van der Waals surface area contributed by atoms with Crippen molar-refractivity contribution >= 4 is 216 Å². The fraction of sp³-hybridized carbons (Fsp3) is 0.514. The molecule has 744 valence electrons. The maximum absolute atomic E-state index is 12.8. The van der Waals surface area contributed by atoms with Crippen LogP contribution in [0.5, 0.6) is 0 Å². The molecule has 5 aliphatic rings. The molecule has 10 aromatic rings. The van der Waals surface area contributed by atoms with Gasteiger partial charge in [0.25, 0.3) is 5.56 Å². The summed E-state index contributed by atoms with van der Waals surface area (Å²) < 4.78 is 92.9. The summed E-state index contributed by atoms with van der Waals surface area (Å²) in [5.74, 6) is -7.70. The number of nitrogen functional groups attached to an aromatic ring is 5. The Labute approximate surface area is 790 Å². The van der Waals surface area contributed by atoms with E-state index in [-0.39, 0.29) is 102 Å². The van der Waals surface area contributed by atoms with Crippen molar-refractivity contribution in [2.24, 2.45) is 0 Å². The predicted octanol–water partition coefficient (Wildman–Crippen LogP) is -2.26. The summed E-state index contributed by atoms with van der Waals surface area (Å²) in [6.07, 6.45) is -18.9. The zero-order valence-electron chi connectivity index (χ0n) is 71.7. The first-order chi connectivity index (χ1) is 63.7. The molecule has 0 bridgehead atoms. The molecule has 5 saturated heterocycles. The fourth-order valence-electron chi connectivity index (χ4n) is 14.1. The van der Waals surface area contributed by atoms with E-state index in [0.29, 0.717) is 30.1 Å². The third-order valence-corrected chi connectivity index (χ3v) is 24.0. The van der Waals surface area contributed by atoms with Gasteiger partial charge < -0.3 is 130 Å². The molecule has 16 N–H and O–H groups in total. The summed E-state index contributed by atoms with van der Waals surface area (Å²) >= 11 is 9.12. The summed E-state index contributed by atoms with van der Waals surface area (Å²) in [6.45, 7) is 10.9. The second-order valence-electron chi connectivity index (χ2n) is 28.8. The van der Waals surface area contributed by atoms with E-state index in [1.165, 1.54) is 60.1 Å². The minimum absolute atomic E-state index is 0. The van der Waals surface area contributed by atoms with Crippen molar-refractivity contribution in [3.8, 4) is 0 Å². The molecule has 15 heterocycles. The van der Waals surface area contributed by atoms with Crippen LogP contribution in [0.2, 0.25) is 0 Å². The molecule has 0 radical (unpaired) electrons. The molecule has 0 aliphatic carbocycles. The van der Waals surface area contributed by atoms with Crippen LogP contribution in [0, 0.1) is 4.64 Å². The summed E-state index contributed by atoms with van der Waals surface area (Å²) in [5.41, 5.74) is 28.1. The lowest BCUT2D eigenvalue weighted by Crippen LogP contribution is -2.41. The first kappa shape index (κ1) is 107. The zero-order valence-corrected chi connectivity index (χ0v) is 76.6. The normalized spacial score (nSPS) is 24.4. The largest absolute Gasteiger partial charge is 0.463 e. The molecule has 63 heteroatoms. The number of aromatic amines is 2. The van der Waals surface area contributed by atoms with Crippen LogP contribution >= 0.6 is 68.9 Å². The molecular weight excluding hydrogens is 1950 g/mol. The summed E-state index contributed by atoms with van der Waals surface area (Å²) in [5, 5.41) is 38.3. The zero-order chi connectivity index (χ0) is 99.1. The number of nitrogens with two attached hydrogens (primary N) is 5. The number of carbonyl (C=O) groups excluding carboxylic acids is 11. The maximum Gasteiger partial charge on any atom is 0.311 e. The van der Waals surface area contributed by atoms with E-state index >= 15 is 0 Å². The SMILES string of the molecule is C.C.CC(=O)OC1[C@H](n2c(=O)sc3cnc(N)nc32)O[C@H](CO)[C@H]1OC(C)=O.CC(=O)OC[C@H]1O[C@@H](n2c(=O)sc3c(=O)[nH]c(N)nc32)[C@H](OC(C)=O)[C@@H]1OC(C)=O.CC(=O)OC[C@H]1O[C@@H](n2c(=O)sc3c(=S)nc(N)[nH]c32)C(OC(C)=O)[C@@H]1OC(C)=O.CC(=O)OC[C@H]1O[C@@H](n2c(=O)sc3cnc(N)nc32)C(OC(C)=O)[C@@H]1OC(C)=O.Nc1ncc2sc(=O)n([C@@H]3O[C@H](CO)[C@@H](O)[C@H]3O)c2n1. The van der Waals surface area contributed by atoms with Crippen molar-refractivity contribution < 1.29 is 149 Å². The lowest BCUT2D eigenvalue weighted by Gasteiger charge is -2.23. The van der Waals surface area contributed by atoms with Crippen molar-refractivity contribution in [3.63, 3.8) is 0 Å². The van der Waals surface area contributed by atoms with Crippen LogP contribution in [0.4, 0.5) is 29.7 Å². The molecule has 0 amide bonds. The topological polar surface area (TPSA) is 808 Å². The van der Waals surface area contributed by atoms with E-state index < -0.39 is 231 Å². The van der Waals surface area contributed by atoms with Gasteiger partial charge in [0.2, 0.25) is 23.8 Å². The molecule has 20 atom stereocenters. The number of esters is 11. The number of H-pyrrole nitrogens is 2. The molecular formula is C74H90N20O37S6. The second kappa shape index (κ2) is 45.6. The molecule has 137 heavy (non-hydrogen) atoms. The highest BCUT2D eigenvalue weighted by atomic mass is 32.1. The Bertz CT molecular complexity index is 6500. The molecule has 10 aromatic heterocycles. The van der Waals surface area contributed by atoms with Crippen LogP contribution in [0.25, 0.3) is 51.7 Å². The molecule has 5 aliphatic heterocycles. The monoisotopic (exact) mass is 2040 g/mol. The number of aliphatic hydroxyl groups excluding tert-OH is 4. The second-order valence-corrected chi connectivity index (χ2v) is 34.1. The predicted molar refractivity (Wildman–Crippen MR) is 474 cm³/mol. The van der Waals surface area contributed by atoms with Crippen LogP contribution in [-0.4, -0.2) is 283 Å². The molecule has 3 unspecified atom stereocenters. The van der Waals surface area contributed by atoms with Gasteiger partial charge in [0.1, 0.15) is 77.6 Å². The number of anilines is 5. The van der Waals surface area contributed by atoms with Gasteiger partial charge in [0.05, 0.1) is 45.9 Å². The van der Waals surface area contributed by atoms with E-state index in [0.717, 1.165) is 103 Å². The van der Waals surface area contributed by atoms with Gasteiger partial charge in [-0.05, 0) is 0 Å². The summed E-state index contributed by atoms with van der Waals surface area (Å²) in [7, 11) is 0. The Balaban J connectivity index is 0.000000192. The van der Waals surface area contributed by atoms with E-state index in [2.05, 4.69) is 49.8 Å². The highest BCUT2D eigenvalue weighted by molar-refractivity contribution is 7.71. The molecule has 0 saturated carbocycles. The van der Waals surface area contributed by atoms with Crippen LogP contribution in [0.15, 0.2) is 47.4 Å². The van der Waals surface area contributed by atoms with Crippen molar-refractivity contribution in [3.05, 3.63) is 81.9 Å². The number of thiazole rings is 5. The lowest BCUT2D eigenvalue weighted by molar-refractivity contribution is -0.166. The lowest BCUT2D eigenvalue weighted by atomic mass is 10.1. The maximum atomic E-state index is 12.8. The fourth-order valence-corrected chi connectivity index (χ4v) is 18.6. The Morgan fingerprint density at radius 1 is 0.358 bits per heavy atom. The van der Waals surface area contributed by atoms with Crippen molar-refractivity contribution in [2.75, 3.05) is 61.7 Å². The molecule has 57 nitrogen and oxygen atoms in total. The molecule has 5 fully saturated rings. The van der Waals surface area contributed by atoms with E-state index in [1.807, 2.05) is 0 Å². The molecule has 0 aromatic carbocycles. The number of hydrogen-bond donors (Lipinski definition) is 11. The van der Waals surface area contributed by atoms with Crippen molar-refractivity contribution in [1.29, 1.82) is 0 Å². The summed E-state index contributed by atoms with van der Waals surface area (Å²) in [4.78, 5) is 235. The van der Waals surface area contributed by atoms with Gasteiger partial charge >= 0.3 is 90.0 Å². The van der Waals surface area contributed by atoms with Crippen molar-refractivity contribution in [2.45, 2.75) is 214 Å². The highest BCUT2D eigenvalue weighted by Gasteiger charge is 2.56. The van der Waals surface area contributed by atoms with Gasteiger partial charge in [-0.3, -0.25) is 109 Å². The number of aromatic nitrogens is 15. The Kier molecular flexibility index (Phi) is 35.7. The number of aliphatic hydroxyl groups is 4. The average molecular weight is 2040 g/mol. The quantitative estimate of drug-likeness (QED) is 0.0205. The molecule has 15 rings (SSSR count). The average Bonchev–Trinajstić information content (AvgIpc) is 1.59. The van der Waals surface area contributed by atoms with Gasteiger partial charge in [-0.2, -0.15) is 19.9 Å². The van der Waals surface area contributed by atoms with Crippen LogP contribution in [0.3, 0.4) is 0 Å². The number of nitrogens with zero attached hydrogens (tertiary/aromatic N) is 13. The number of rotatable bonds is 21. The van der Waals surface area contributed by atoms with Gasteiger partial charge in [-0.25, -0.2) is 19.9 Å². The Morgan fingerprint density at radius 2 is 0.635 bits per heavy atom. The number of nitrogens with one attached hydrogen (secondary N) is 2. The standard InChI is InChI=1S/C16H18N4O9S.C16H18N4O8S2.C16H18N4O8S.C14H16N4O7S.C10H12N4O5S.2CH4/c1-5(21)26-4-8-9(27-6(2)22)10(28-7(3)23)14(29-8)20-12-11(30-16(20)25)13(24)19-15(17)18-12;1-5(21)25-4-8-9(26-6(2)22)10(27-7(3)23)14(28-8)20-12-11(30-16(20)24)13(29)19-15(17)18-12;1-6(21)25-5-9-11(26-7(2)22)12(27-8(3)23)14(28-9)20-13-10(29-16(20)24)4-18-15(17)19-13;1-5(20)23-9-7(4-19)25-12(10(9)24-6(2)21)18-11-8(26-14(18)22)3-16-13(15)17-11;11-9-12-1-4-7(13-9)14(10(18)20-4)8-6(17)5(16)3(2-15)19-8;;/h8-10,14H,4H2,1-3H3,(H3,17,18,19,24);8-10,14H,4H2,1-3H3,(H3,17,18,19,29);4,9,11-12,14H,5H2,1-3H3,(H2,17,18,19);3,7,9-10,12,19H,4H2,1-2H3,(H2,15,16,17);1,3,5-6,8,15-17H,2H2,(H2,11,12,13);2*1H4/t8-,9-,10-,14-;8-,9-,10?,14-;9-,11-,12?,14-;7-,9-,10?,12-;3-,5-,6-,8-;;/m11111../s1. The third kappa shape index (κ3) is 24.7. The van der Waals surface area contributed by atoms with E-state index in [4.69, 9.17) is 122 Å². The third-order valence-electron chi connectivity index (χ3n) is 19.0. The minimum Gasteiger partial charge on any atom is -0.463 e. The first-order valence-corrected chi connectivity index (χ1v) is 43.5. The van der Waals surface area contributed by atoms with Crippen LogP contribution in [-0.2, 0) is 129 Å². The number of carbonyl (C=O) groups is 11. The van der Waals surface area contributed by atoms with Crippen molar-refractivity contribution in [1.82, 2.24) is 72.7 Å². The molecule has 0 spiro atoms. The van der Waals surface area contributed by atoms with Gasteiger partial charge in [0.15, 0.2) is 113 Å². The van der Waals surface area contributed by atoms with E-state index in [1.54, 1.807) is 0 Å². The van der Waals surface area contributed by atoms with Crippen LogP contribution in [0.1, 0.15) is 122 Å². The van der Waals surface area contributed by atoms with Gasteiger partial charge in [0, 0.05) is 76.2 Å². The highest BCUT2D eigenvalue weighted by Crippen LogP contribution is 2.42. The minimum atomic E-state index is -1.35. The van der Waals surface area contributed by atoms with E-state index in [9.17, 15) is 96.8 Å². The number of ether oxygens (including phenoxy) is 16. The first-order valence-electron chi connectivity index (χ1n) is 39.0. The Hall–Kier alpha value is -13.3. The smallest absolute Gasteiger partial charge is 0.311 e. The Morgan fingerprint density at radius 3 is 0.964 bits per heavy atom. The number of fused-ring (bicyclic) bond motifs is 5. The van der Waals surface area contributed by atoms with Gasteiger partial charge in [-0.1, -0.05) is 83.8 Å². The summed E-state index contributed by atoms with van der Waals surface area (Å²) in [6, 6.07) is 0. The van der Waals surface area contributed by atoms with Crippen LogP contribution < -0.4 is 58.6 Å².